The van der Waals surface area contributed by atoms with Crippen molar-refractivity contribution in [2.45, 2.75) is 19.5 Å². The van der Waals surface area contributed by atoms with Crippen molar-refractivity contribution in [1.82, 2.24) is 24.1 Å². The molecule has 4 heterocycles. The number of ether oxygens (including phenoxy) is 1. The molecule has 5 rings (SSSR count). The van der Waals surface area contributed by atoms with Gasteiger partial charge in [-0.3, -0.25) is 18.7 Å². The van der Waals surface area contributed by atoms with Crippen LogP contribution in [0.3, 0.4) is 0 Å². The summed E-state index contributed by atoms with van der Waals surface area (Å²) in [6, 6.07) is 9.79. The number of rotatable bonds is 4. The monoisotopic (exact) mass is 452 g/mol. The summed E-state index contributed by atoms with van der Waals surface area (Å²) in [7, 11) is 3.13. The van der Waals surface area contributed by atoms with E-state index < -0.39 is 0 Å². The first-order valence-electron chi connectivity index (χ1n) is 10.5. The topological polar surface area (TPSA) is 85.0 Å². The number of piperazine rings is 1. The standard InChI is InChI=1S/C22H24N6O3S/c1-14-12-27(16-6-4-15(5-7-16)21(30)31-3)10-9-26(14)13-18-23-24-22-25(2)20(29)19-17(28(18)22)8-11-32-19/h4-8,11,14H,9-10,12-13H2,1-3H3. The summed E-state index contributed by atoms with van der Waals surface area (Å²) in [5.41, 5.74) is 2.47. The van der Waals surface area contributed by atoms with Crippen molar-refractivity contribution >= 4 is 39.0 Å². The molecular formula is C22H24N6O3S. The van der Waals surface area contributed by atoms with Gasteiger partial charge < -0.3 is 9.64 Å². The van der Waals surface area contributed by atoms with E-state index in [4.69, 9.17) is 4.74 Å². The van der Waals surface area contributed by atoms with E-state index in [9.17, 15) is 9.59 Å². The van der Waals surface area contributed by atoms with Gasteiger partial charge in [0.25, 0.3) is 5.56 Å². The molecule has 1 unspecified atom stereocenters. The summed E-state index contributed by atoms with van der Waals surface area (Å²) < 4.78 is 9.06. The molecule has 1 aliphatic rings. The van der Waals surface area contributed by atoms with Gasteiger partial charge >= 0.3 is 5.97 Å². The molecule has 9 nitrogen and oxygen atoms in total. The summed E-state index contributed by atoms with van der Waals surface area (Å²) >= 11 is 1.44. The summed E-state index contributed by atoms with van der Waals surface area (Å²) in [6.45, 7) is 5.45. The quantitative estimate of drug-likeness (QED) is 0.439. The van der Waals surface area contributed by atoms with Crippen LogP contribution in [0.5, 0.6) is 0 Å². The number of aryl methyl sites for hydroxylation is 1. The average molecular weight is 453 g/mol. The van der Waals surface area contributed by atoms with E-state index in [-0.39, 0.29) is 11.5 Å². The van der Waals surface area contributed by atoms with E-state index >= 15 is 0 Å². The van der Waals surface area contributed by atoms with Crippen LogP contribution in [0.15, 0.2) is 40.5 Å². The van der Waals surface area contributed by atoms with Gasteiger partial charge in [0, 0.05) is 38.4 Å². The van der Waals surface area contributed by atoms with Gasteiger partial charge in [0.05, 0.1) is 24.7 Å². The maximum absolute atomic E-state index is 12.6. The number of methoxy groups -OCH3 is 1. The number of thiophene rings is 1. The number of esters is 1. The zero-order valence-corrected chi connectivity index (χ0v) is 19.0. The molecule has 1 saturated heterocycles. The molecule has 1 atom stereocenters. The van der Waals surface area contributed by atoms with E-state index in [0.29, 0.717) is 28.6 Å². The predicted molar refractivity (Wildman–Crippen MR) is 123 cm³/mol. The third-order valence-electron chi connectivity index (χ3n) is 6.16. The molecule has 0 N–H and O–H groups in total. The van der Waals surface area contributed by atoms with Gasteiger partial charge in [0.2, 0.25) is 5.78 Å². The zero-order valence-electron chi connectivity index (χ0n) is 18.2. The Morgan fingerprint density at radius 2 is 1.97 bits per heavy atom. The summed E-state index contributed by atoms with van der Waals surface area (Å²) in [5, 5.41) is 10.7. The molecule has 0 bridgehead atoms. The van der Waals surface area contributed by atoms with Crippen molar-refractivity contribution in [2.24, 2.45) is 7.05 Å². The molecule has 166 valence electrons. The third-order valence-corrected chi connectivity index (χ3v) is 7.05. The molecule has 0 radical (unpaired) electrons. The van der Waals surface area contributed by atoms with Crippen LogP contribution >= 0.6 is 11.3 Å². The van der Waals surface area contributed by atoms with Crippen LogP contribution in [0, 0.1) is 0 Å². The van der Waals surface area contributed by atoms with E-state index in [1.54, 1.807) is 23.7 Å². The highest BCUT2D eigenvalue weighted by Crippen LogP contribution is 2.23. The highest BCUT2D eigenvalue weighted by molar-refractivity contribution is 7.17. The minimum atomic E-state index is -0.326. The first-order valence-corrected chi connectivity index (χ1v) is 11.3. The van der Waals surface area contributed by atoms with Crippen molar-refractivity contribution in [3.05, 3.63) is 57.5 Å². The van der Waals surface area contributed by atoms with E-state index in [0.717, 1.165) is 36.7 Å². The summed E-state index contributed by atoms with van der Waals surface area (Å²) in [4.78, 5) is 28.9. The Hall–Kier alpha value is -3.24. The van der Waals surface area contributed by atoms with Crippen molar-refractivity contribution in [3.8, 4) is 0 Å². The molecule has 32 heavy (non-hydrogen) atoms. The minimum Gasteiger partial charge on any atom is -0.465 e. The smallest absolute Gasteiger partial charge is 0.337 e. The maximum Gasteiger partial charge on any atom is 0.337 e. The Bertz CT molecular complexity index is 1360. The molecule has 3 aromatic heterocycles. The van der Waals surface area contributed by atoms with Gasteiger partial charge in [0.1, 0.15) is 4.70 Å². The third kappa shape index (κ3) is 3.35. The maximum atomic E-state index is 12.6. The number of carbonyl (C=O) groups excluding carboxylic acids is 1. The fourth-order valence-corrected chi connectivity index (χ4v) is 5.18. The van der Waals surface area contributed by atoms with Gasteiger partial charge in [-0.15, -0.1) is 21.5 Å². The number of anilines is 1. The first kappa shape index (κ1) is 20.7. The Balaban J connectivity index is 1.36. The second-order valence-corrected chi connectivity index (χ2v) is 8.97. The number of aromatic nitrogens is 4. The van der Waals surface area contributed by atoms with Crippen LogP contribution in [0.1, 0.15) is 23.1 Å². The SMILES string of the molecule is COC(=O)c1ccc(N2CCN(Cc3nnc4n(C)c(=O)c5sccc5n34)C(C)C2)cc1. The summed E-state index contributed by atoms with van der Waals surface area (Å²) in [5.74, 6) is 1.07. The van der Waals surface area contributed by atoms with E-state index in [2.05, 4.69) is 26.9 Å². The van der Waals surface area contributed by atoms with Crippen LogP contribution in [-0.4, -0.2) is 62.8 Å². The van der Waals surface area contributed by atoms with Gasteiger partial charge in [-0.2, -0.15) is 0 Å². The van der Waals surface area contributed by atoms with Crippen LogP contribution in [0.4, 0.5) is 5.69 Å². The zero-order chi connectivity index (χ0) is 22.4. The largest absolute Gasteiger partial charge is 0.465 e. The van der Waals surface area contributed by atoms with Crippen molar-refractivity contribution in [2.75, 3.05) is 31.6 Å². The minimum absolute atomic E-state index is 0.0401. The second-order valence-electron chi connectivity index (χ2n) is 8.05. The van der Waals surface area contributed by atoms with Crippen molar-refractivity contribution in [1.29, 1.82) is 0 Å². The Kier molecular flexibility index (Phi) is 5.18. The molecule has 1 fully saturated rings. The van der Waals surface area contributed by atoms with Gasteiger partial charge in [0.15, 0.2) is 5.82 Å². The lowest BCUT2D eigenvalue weighted by Gasteiger charge is -2.40. The number of carbonyl (C=O) groups is 1. The molecule has 0 amide bonds. The van der Waals surface area contributed by atoms with E-state index in [1.165, 1.54) is 18.4 Å². The lowest BCUT2D eigenvalue weighted by Crippen LogP contribution is -2.51. The average Bonchev–Trinajstić information content (AvgIpc) is 3.46. The fraction of sp³-hybridized carbons (Fsp3) is 0.364. The predicted octanol–water partition coefficient (Wildman–Crippen LogP) is 2.14. The van der Waals surface area contributed by atoms with Crippen molar-refractivity contribution < 1.29 is 9.53 Å². The van der Waals surface area contributed by atoms with Crippen molar-refractivity contribution in [3.63, 3.8) is 0 Å². The number of fused-ring (bicyclic) bond motifs is 3. The normalized spacial score (nSPS) is 17.3. The van der Waals surface area contributed by atoms with Crippen LogP contribution in [0.25, 0.3) is 16.0 Å². The van der Waals surface area contributed by atoms with E-state index in [1.807, 2.05) is 28.0 Å². The van der Waals surface area contributed by atoms with Crippen LogP contribution in [-0.2, 0) is 18.3 Å². The van der Waals surface area contributed by atoms with Crippen LogP contribution < -0.4 is 10.5 Å². The van der Waals surface area contributed by atoms with Gasteiger partial charge in [-0.1, -0.05) is 0 Å². The van der Waals surface area contributed by atoms with Gasteiger partial charge in [-0.05, 0) is 42.6 Å². The molecule has 4 aromatic rings. The lowest BCUT2D eigenvalue weighted by atomic mass is 10.1. The molecular weight excluding hydrogens is 428 g/mol. The Morgan fingerprint density at radius 3 is 2.69 bits per heavy atom. The lowest BCUT2D eigenvalue weighted by molar-refractivity contribution is 0.0600. The van der Waals surface area contributed by atoms with Gasteiger partial charge in [-0.25, -0.2) is 4.79 Å². The second kappa shape index (κ2) is 8.03. The fourth-order valence-electron chi connectivity index (χ4n) is 4.33. The highest BCUT2D eigenvalue weighted by atomic mass is 32.1. The molecule has 0 spiro atoms. The number of benzene rings is 1. The molecule has 0 saturated carbocycles. The number of hydrogen-bond acceptors (Lipinski definition) is 8. The molecule has 0 aliphatic carbocycles. The summed E-state index contributed by atoms with van der Waals surface area (Å²) in [6.07, 6.45) is 0. The van der Waals surface area contributed by atoms with Crippen LogP contribution in [0.2, 0.25) is 0 Å². The Labute approximate surface area is 188 Å². The first-order chi connectivity index (χ1) is 15.5. The number of hydrogen-bond donors (Lipinski definition) is 0. The highest BCUT2D eigenvalue weighted by Gasteiger charge is 2.26. The molecule has 1 aromatic carbocycles. The molecule has 1 aliphatic heterocycles. The Morgan fingerprint density at radius 1 is 1.19 bits per heavy atom. The molecule has 10 heteroatoms. The number of nitrogens with zero attached hydrogens (tertiary/aromatic N) is 6.